The Labute approximate surface area is 120 Å². The SMILES string of the molecule is CCCCCCCCNC(=O)c1ccc2cc[nH]c2c1. The molecule has 0 saturated carbocycles. The van der Waals surface area contributed by atoms with Crippen LogP contribution in [0.3, 0.4) is 0 Å². The highest BCUT2D eigenvalue weighted by Gasteiger charge is 2.05. The van der Waals surface area contributed by atoms with Crippen molar-refractivity contribution in [1.82, 2.24) is 10.3 Å². The summed E-state index contributed by atoms with van der Waals surface area (Å²) in [4.78, 5) is 15.2. The van der Waals surface area contributed by atoms with Crippen molar-refractivity contribution in [2.24, 2.45) is 0 Å². The van der Waals surface area contributed by atoms with Crippen molar-refractivity contribution in [2.75, 3.05) is 6.54 Å². The molecular formula is C17H24N2O. The lowest BCUT2D eigenvalue weighted by molar-refractivity contribution is 0.0953. The maximum absolute atomic E-state index is 12.0. The van der Waals surface area contributed by atoms with Gasteiger partial charge in [-0.05, 0) is 30.0 Å². The molecule has 0 atom stereocenters. The average molecular weight is 272 g/mol. The molecule has 0 radical (unpaired) electrons. The van der Waals surface area contributed by atoms with Crippen LogP contribution in [0.1, 0.15) is 55.8 Å². The highest BCUT2D eigenvalue weighted by molar-refractivity contribution is 5.97. The molecule has 108 valence electrons. The molecular weight excluding hydrogens is 248 g/mol. The van der Waals surface area contributed by atoms with Gasteiger partial charge in [0.05, 0.1) is 0 Å². The van der Waals surface area contributed by atoms with Crippen LogP contribution in [0.15, 0.2) is 30.5 Å². The number of fused-ring (bicyclic) bond motifs is 1. The van der Waals surface area contributed by atoms with E-state index in [0.717, 1.165) is 29.4 Å². The molecule has 20 heavy (non-hydrogen) atoms. The minimum Gasteiger partial charge on any atom is -0.361 e. The van der Waals surface area contributed by atoms with Crippen LogP contribution < -0.4 is 5.32 Å². The second kappa shape index (κ2) is 7.73. The molecule has 1 amide bonds. The fraction of sp³-hybridized carbons (Fsp3) is 0.471. The molecule has 0 aliphatic carbocycles. The summed E-state index contributed by atoms with van der Waals surface area (Å²) in [5.41, 5.74) is 1.74. The zero-order valence-electron chi connectivity index (χ0n) is 12.2. The molecule has 0 spiro atoms. The number of aromatic nitrogens is 1. The Kier molecular flexibility index (Phi) is 5.66. The number of unbranched alkanes of at least 4 members (excludes halogenated alkanes) is 5. The lowest BCUT2D eigenvalue weighted by Gasteiger charge is -2.05. The van der Waals surface area contributed by atoms with Gasteiger partial charge in [-0.2, -0.15) is 0 Å². The van der Waals surface area contributed by atoms with E-state index in [9.17, 15) is 4.79 Å². The van der Waals surface area contributed by atoms with Crippen molar-refractivity contribution in [3.63, 3.8) is 0 Å². The van der Waals surface area contributed by atoms with Crippen LogP contribution in [-0.4, -0.2) is 17.4 Å². The van der Waals surface area contributed by atoms with Gasteiger partial charge in [0.25, 0.3) is 5.91 Å². The Morgan fingerprint density at radius 1 is 1.10 bits per heavy atom. The van der Waals surface area contributed by atoms with E-state index < -0.39 is 0 Å². The highest BCUT2D eigenvalue weighted by atomic mass is 16.1. The molecule has 0 aliphatic heterocycles. The summed E-state index contributed by atoms with van der Waals surface area (Å²) in [6.07, 6.45) is 9.35. The second-order valence-corrected chi connectivity index (χ2v) is 5.30. The maximum atomic E-state index is 12.0. The van der Waals surface area contributed by atoms with Gasteiger partial charge in [-0.3, -0.25) is 4.79 Å². The predicted octanol–water partition coefficient (Wildman–Crippen LogP) is 4.26. The first-order valence-electron chi connectivity index (χ1n) is 7.66. The first-order valence-corrected chi connectivity index (χ1v) is 7.66. The third-order valence-corrected chi connectivity index (χ3v) is 3.63. The zero-order chi connectivity index (χ0) is 14.2. The van der Waals surface area contributed by atoms with E-state index in [1.54, 1.807) is 0 Å². The highest BCUT2D eigenvalue weighted by Crippen LogP contribution is 2.14. The number of hydrogen-bond donors (Lipinski definition) is 2. The van der Waals surface area contributed by atoms with E-state index in [4.69, 9.17) is 0 Å². The van der Waals surface area contributed by atoms with E-state index in [0.29, 0.717) is 0 Å². The summed E-state index contributed by atoms with van der Waals surface area (Å²) in [5, 5.41) is 4.13. The molecule has 2 aromatic rings. The molecule has 1 heterocycles. The third-order valence-electron chi connectivity index (χ3n) is 3.63. The summed E-state index contributed by atoms with van der Waals surface area (Å²) in [7, 11) is 0. The first-order chi connectivity index (χ1) is 9.81. The Bertz CT molecular complexity index is 545. The number of H-pyrrole nitrogens is 1. The molecule has 0 fully saturated rings. The van der Waals surface area contributed by atoms with Crippen molar-refractivity contribution in [3.8, 4) is 0 Å². The topological polar surface area (TPSA) is 44.9 Å². The van der Waals surface area contributed by atoms with Gasteiger partial charge in [-0.25, -0.2) is 0 Å². The van der Waals surface area contributed by atoms with E-state index in [1.165, 1.54) is 32.1 Å². The van der Waals surface area contributed by atoms with Gasteiger partial charge in [0.15, 0.2) is 0 Å². The standard InChI is InChI=1S/C17H24N2O/c1-2-3-4-5-6-7-11-19-17(20)15-9-8-14-10-12-18-16(14)13-15/h8-10,12-13,18H,2-7,11H2,1H3,(H,19,20). The Morgan fingerprint density at radius 3 is 2.75 bits per heavy atom. The van der Waals surface area contributed by atoms with Crippen LogP contribution in [0.2, 0.25) is 0 Å². The number of hydrogen-bond acceptors (Lipinski definition) is 1. The fourth-order valence-corrected chi connectivity index (χ4v) is 2.40. The quantitative estimate of drug-likeness (QED) is 0.693. The predicted molar refractivity (Wildman–Crippen MR) is 84.0 cm³/mol. The van der Waals surface area contributed by atoms with Crippen molar-refractivity contribution in [2.45, 2.75) is 45.4 Å². The molecule has 1 aromatic carbocycles. The van der Waals surface area contributed by atoms with Crippen LogP contribution in [0.25, 0.3) is 10.9 Å². The van der Waals surface area contributed by atoms with Crippen LogP contribution in [0.5, 0.6) is 0 Å². The summed E-state index contributed by atoms with van der Waals surface area (Å²) in [6.45, 7) is 2.99. The molecule has 0 unspecified atom stereocenters. The summed E-state index contributed by atoms with van der Waals surface area (Å²) < 4.78 is 0. The molecule has 3 nitrogen and oxygen atoms in total. The fourth-order valence-electron chi connectivity index (χ4n) is 2.40. The zero-order valence-corrected chi connectivity index (χ0v) is 12.2. The molecule has 0 saturated heterocycles. The molecule has 2 rings (SSSR count). The van der Waals surface area contributed by atoms with Gasteiger partial charge < -0.3 is 10.3 Å². The summed E-state index contributed by atoms with van der Waals surface area (Å²) in [6, 6.07) is 7.78. The number of amides is 1. The third kappa shape index (κ3) is 4.12. The number of benzene rings is 1. The van der Waals surface area contributed by atoms with Gasteiger partial charge in [-0.1, -0.05) is 45.1 Å². The van der Waals surface area contributed by atoms with Crippen molar-refractivity contribution in [3.05, 3.63) is 36.0 Å². The lowest BCUT2D eigenvalue weighted by atomic mass is 10.1. The number of carbonyl (C=O) groups is 1. The monoisotopic (exact) mass is 272 g/mol. The number of nitrogens with one attached hydrogen (secondary N) is 2. The first kappa shape index (κ1) is 14.6. The molecule has 1 aromatic heterocycles. The number of carbonyl (C=O) groups excluding carboxylic acids is 1. The van der Waals surface area contributed by atoms with E-state index in [-0.39, 0.29) is 5.91 Å². The van der Waals surface area contributed by atoms with Crippen molar-refractivity contribution < 1.29 is 4.79 Å². The Morgan fingerprint density at radius 2 is 1.90 bits per heavy atom. The molecule has 3 heteroatoms. The Balaban J connectivity index is 1.71. The average Bonchev–Trinajstić information content (AvgIpc) is 2.93. The van der Waals surface area contributed by atoms with E-state index in [1.807, 2.05) is 30.5 Å². The number of aromatic amines is 1. The normalized spacial score (nSPS) is 10.8. The van der Waals surface area contributed by atoms with Gasteiger partial charge in [0, 0.05) is 23.8 Å². The number of rotatable bonds is 8. The van der Waals surface area contributed by atoms with Crippen molar-refractivity contribution in [1.29, 1.82) is 0 Å². The Hall–Kier alpha value is -1.77. The van der Waals surface area contributed by atoms with E-state index in [2.05, 4.69) is 17.2 Å². The van der Waals surface area contributed by atoms with Crippen molar-refractivity contribution >= 4 is 16.8 Å². The van der Waals surface area contributed by atoms with Crippen LogP contribution in [0.4, 0.5) is 0 Å². The smallest absolute Gasteiger partial charge is 0.251 e. The van der Waals surface area contributed by atoms with Gasteiger partial charge >= 0.3 is 0 Å². The molecule has 2 N–H and O–H groups in total. The lowest BCUT2D eigenvalue weighted by Crippen LogP contribution is -2.24. The summed E-state index contributed by atoms with van der Waals surface area (Å²) in [5.74, 6) is 0.0232. The molecule has 0 aliphatic rings. The van der Waals surface area contributed by atoms with Gasteiger partial charge in [0.2, 0.25) is 0 Å². The minimum absolute atomic E-state index is 0.0232. The van der Waals surface area contributed by atoms with E-state index >= 15 is 0 Å². The maximum Gasteiger partial charge on any atom is 0.251 e. The molecule has 0 bridgehead atoms. The largest absolute Gasteiger partial charge is 0.361 e. The van der Waals surface area contributed by atoms with Gasteiger partial charge in [-0.15, -0.1) is 0 Å². The summed E-state index contributed by atoms with van der Waals surface area (Å²) >= 11 is 0. The van der Waals surface area contributed by atoms with Crippen LogP contribution in [0, 0.1) is 0 Å². The van der Waals surface area contributed by atoms with Crippen LogP contribution >= 0.6 is 0 Å². The van der Waals surface area contributed by atoms with Crippen LogP contribution in [-0.2, 0) is 0 Å². The van der Waals surface area contributed by atoms with Gasteiger partial charge in [0.1, 0.15) is 0 Å². The second-order valence-electron chi connectivity index (χ2n) is 5.30. The minimum atomic E-state index is 0.0232.